The van der Waals surface area contributed by atoms with Gasteiger partial charge >= 0.3 is 5.97 Å². The van der Waals surface area contributed by atoms with Gasteiger partial charge in [0.25, 0.3) is 17.5 Å². The third-order valence-corrected chi connectivity index (χ3v) is 4.80. The number of ether oxygens (including phenoxy) is 1. The van der Waals surface area contributed by atoms with Crippen molar-refractivity contribution < 1.29 is 24.0 Å². The van der Waals surface area contributed by atoms with Gasteiger partial charge in [-0.1, -0.05) is 46.4 Å². The minimum Gasteiger partial charge on any atom is -0.454 e. The van der Waals surface area contributed by atoms with E-state index in [1.165, 1.54) is 24.3 Å². The van der Waals surface area contributed by atoms with Crippen LogP contribution in [-0.2, 0) is 14.3 Å². The molecule has 0 radical (unpaired) electrons. The quantitative estimate of drug-likeness (QED) is 0.258. The first-order valence-corrected chi connectivity index (χ1v) is 9.42. The highest BCUT2D eigenvalue weighted by Gasteiger charge is 2.17. The topological polar surface area (TPSA) is 128 Å². The molecule has 0 fully saturated rings. The average molecular weight is 495 g/mol. The van der Waals surface area contributed by atoms with E-state index in [-0.39, 0.29) is 31.3 Å². The Bertz CT molecular complexity index is 1030. The van der Waals surface area contributed by atoms with E-state index >= 15 is 0 Å². The Morgan fingerprint density at radius 1 is 0.967 bits per heavy atom. The molecular weight excluding hydrogens is 484 g/mol. The molecule has 0 saturated carbocycles. The van der Waals surface area contributed by atoms with Crippen LogP contribution in [0.3, 0.4) is 0 Å². The molecule has 0 bridgehead atoms. The Kier molecular flexibility index (Phi) is 8.24. The fourth-order valence-corrected chi connectivity index (χ4v) is 2.83. The van der Waals surface area contributed by atoms with E-state index in [1.54, 1.807) is 0 Å². The molecule has 2 aromatic carbocycles. The predicted molar refractivity (Wildman–Crippen MR) is 112 cm³/mol. The molecule has 30 heavy (non-hydrogen) atoms. The molecule has 0 heterocycles. The number of esters is 1. The molecule has 0 aliphatic rings. The van der Waals surface area contributed by atoms with E-state index < -0.39 is 41.5 Å². The molecule has 0 aliphatic carbocycles. The molecule has 0 aliphatic heterocycles. The summed E-state index contributed by atoms with van der Waals surface area (Å²) in [4.78, 5) is 45.7. The first-order valence-electron chi connectivity index (χ1n) is 7.90. The summed E-state index contributed by atoms with van der Waals surface area (Å²) >= 11 is 23.2. The molecule has 2 N–H and O–H groups in total. The van der Waals surface area contributed by atoms with E-state index in [1.807, 2.05) is 0 Å². The zero-order valence-electron chi connectivity index (χ0n) is 14.7. The molecule has 158 valence electrons. The lowest BCUT2D eigenvalue weighted by Gasteiger charge is -2.10. The maximum Gasteiger partial charge on any atom is 0.325 e. The van der Waals surface area contributed by atoms with Crippen molar-refractivity contribution in [3.63, 3.8) is 0 Å². The van der Waals surface area contributed by atoms with Crippen molar-refractivity contribution >= 4 is 75.6 Å². The minimum absolute atomic E-state index is 0.0779. The summed E-state index contributed by atoms with van der Waals surface area (Å²) in [5, 5.41) is 15.8. The van der Waals surface area contributed by atoms with Crippen molar-refractivity contribution in [2.24, 2.45) is 0 Å². The van der Waals surface area contributed by atoms with Crippen molar-refractivity contribution in [3.8, 4) is 0 Å². The Balaban J connectivity index is 1.84. The lowest BCUT2D eigenvalue weighted by atomic mass is 10.2. The van der Waals surface area contributed by atoms with Crippen molar-refractivity contribution in [3.05, 3.63) is 66.1 Å². The van der Waals surface area contributed by atoms with E-state index in [2.05, 4.69) is 10.6 Å². The van der Waals surface area contributed by atoms with Gasteiger partial charge in [0.15, 0.2) is 6.61 Å². The molecule has 0 saturated heterocycles. The fourth-order valence-electron chi connectivity index (χ4n) is 2.05. The lowest BCUT2D eigenvalue weighted by Crippen LogP contribution is -2.32. The Labute approximate surface area is 189 Å². The number of carbonyl (C=O) groups excluding carboxylic acids is 3. The summed E-state index contributed by atoms with van der Waals surface area (Å²) < 4.78 is 4.74. The fraction of sp³-hybridized carbons (Fsp3) is 0.118. The van der Waals surface area contributed by atoms with E-state index in [0.29, 0.717) is 0 Å². The molecule has 0 unspecified atom stereocenters. The molecular formula is C17H11Cl4N3O6. The number of nitrogens with one attached hydrogen (secondary N) is 2. The van der Waals surface area contributed by atoms with Crippen LogP contribution >= 0.6 is 46.4 Å². The number of amides is 2. The number of halogens is 4. The number of hydrogen-bond donors (Lipinski definition) is 2. The minimum atomic E-state index is -0.915. The number of nitro benzene ring substituents is 1. The second-order valence-electron chi connectivity index (χ2n) is 5.56. The molecule has 13 heteroatoms. The largest absolute Gasteiger partial charge is 0.454 e. The molecule has 0 spiro atoms. The number of anilines is 1. The number of rotatable bonds is 7. The van der Waals surface area contributed by atoms with Crippen molar-refractivity contribution in [1.82, 2.24) is 5.32 Å². The van der Waals surface area contributed by atoms with Crippen LogP contribution in [0.15, 0.2) is 30.3 Å². The normalized spacial score (nSPS) is 10.3. The van der Waals surface area contributed by atoms with Crippen LogP contribution in [0, 0.1) is 10.1 Å². The molecule has 0 atom stereocenters. The molecule has 0 aromatic heterocycles. The molecule has 2 rings (SSSR count). The van der Waals surface area contributed by atoms with Gasteiger partial charge in [0.2, 0.25) is 0 Å². The number of nitrogens with zero attached hydrogens (tertiary/aromatic N) is 1. The van der Waals surface area contributed by atoms with E-state index in [4.69, 9.17) is 51.1 Å². The first-order chi connectivity index (χ1) is 14.1. The number of carbonyl (C=O) groups is 3. The van der Waals surface area contributed by atoms with E-state index in [9.17, 15) is 24.5 Å². The van der Waals surface area contributed by atoms with Crippen LogP contribution in [0.25, 0.3) is 0 Å². The van der Waals surface area contributed by atoms with Crippen LogP contribution in [-0.4, -0.2) is 35.9 Å². The van der Waals surface area contributed by atoms with Gasteiger partial charge in [-0.3, -0.25) is 24.5 Å². The van der Waals surface area contributed by atoms with Gasteiger partial charge < -0.3 is 15.4 Å². The second-order valence-corrected chi connectivity index (χ2v) is 7.19. The summed E-state index contributed by atoms with van der Waals surface area (Å²) in [5.41, 5.74) is -0.361. The Hall–Kier alpha value is -2.59. The summed E-state index contributed by atoms with van der Waals surface area (Å²) in [6, 6.07) is 6.08. The highest BCUT2D eigenvalue weighted by Crippen LogP contribution is 2.32. The van der Waals surface area contributed by atoms with Gasteiger partial charge in [0, 0.05) is 11.6 Å². The third kappa shape index (κ3) is 6.46. The number of nitro groups is 1. The van der Waals surface area contributed by atoms with Crippen molar-refractivity contribution in [2.75, 3.05) is 18.5 Å². The SMILES string of the molecule is O=C(COC(=O)CNC(=O)c1ccc(Cl)c([N+](=O)[O-])c1)Nc1cc(Cl)c(Cl)cc1Cl. The van der Waals surface area contributed by atoms with Gasteiger partial charge in [0.1, 0.15) is 11.6 Å². The maximum atomic E-state index is 12.0. The standard InChI is InChI=1S/C17H11Cl4N3O6/c18-9-2-1-8(3-14(9)24(28)29)17(27)22-6-16(26)30-7-15(25)23-13-5-11(20)10(19)4-12(13)21/h1-5H,6-7H2,(H,22,27)(H,23,25). The molecule has 9 nitrogen and oxygen atoms in total. The number of benzene rings is 2. The van der Waals surface area contributed by atoms with Crippen molar-refractivity contribution in [2.45, 2.75) is 0 Å². The van der Waals surface area contributed by atoms with Crippen LogP contribution in [0.1, 0.15) is 10.4 Å². The van der Waals surface area contributed by atoms with Crippen LogP contribution in [0.5, 0.6) is 0 Å². The third-order valence-electron chi connectivity index (χ3n) is 3.45. The highest BCUT2D eigenvalue weighted by molar-refractivity contribution is 6.44. The zero-order chi connectivity index (χ0) is 22.4. The number of hydrogen-bond acceptors (Lipinski definition) is 6. The Morgan fingerprint density at radius 3 is 2.30 bits per heavy atom. The predicted octanol–water partition coefficient (Wildman–Crippen LogP) is 4.12. The van der Waals surface area contributed by atoms with Crippen molar-refractivity contribution in [1.29, 1.82) is 0 Å². The van der Waals surface area contributed by atoms with E-state index in [0.717, 1.165) is 6.07 Å². The average Bonchev–Trinajstić information content (AvgIpc) is 2.68. The smallest absolute Gasteiger partial charge is 0.325 e. The first kappa shape index (κ1) is 23.7. The van der Waals surface area contributed by atoms with Gasteiger partial charge in [-0.2, -0.15) is 0 Å². The van der Waals surface area contributed by atoms with Crippen LogP contribution < -0.4 is 10.6 Å². The summed E-state index contributed by atoms with van der Waals surface area (Å²) in [6.45, 7) is -1.23. The molecule has 2 aromatic rings. The second kappa shape index (κ2) is 10.4. The summed E-state index contributed by atoms with van der Waals surface area (Å²) in [7, 11) is 0. The lowest BCUT2D eigenvalue weighted by molar-refractivity contribution is -0.384. The van der Waals surface area contributed by atoms with Gasteiger partial charge in [-0.15, -0.1) is 0 Å². The van der Waals surface area contributed by atoms with Gasteiger partial charge in [-0.05, 0) is 24.3 Å². The van der Waals surface area contributed by atoms with Gasteiger partial charge in [0.05, 0.1) is 25.7 Å². The van der Waals surface area contributed by atoms with Gasteiger partial charge in [-0.25, -0.2) is 0 Å². The summed E-state index contributed by atoms with van der Waals surface area (Å²) in [6.07, 6.45) is 0. The summed E-state index contributed by atoms with van der Waals surface area (Å²) in [5.74, 6) is -2.38. The zero-order valence-corrected chi connectivity index (χ0v) is 17.7. The van der Waals surface area contributed by atoms with Crippen LogP contribution in [0.4, 0.5) is 11.4 Å². The maximum absolute atomic E-state index is 12.0. The highest BCUT2D eigenvalue weighted by atomic mass is 35.5. The Morgan fingerprint density at radius 2 is 1.63 bits per heavy atom. The van der Waals surface area contributed by atoms with Crippen LogP contribution in [0.2, 0.25) is 20.1 Å². The monoisotopic (exact) mass is 493 g/mol. The molecule has 2 amide bonds.